The Morgan fingerprint density at radius 3 is 2.50 bits per heavy atom. The van der Waals surface area contributed by atoms with Gasteiger partial charge < -0.3 is 15.3 Å². The molecule has 0 radical (unpaired) electrons. The molecule has 0 aliphatic carbocycles. The van der Waals surface area contributed by atoms with Gasteiger partial charge in [0.15, 0.2) is 0 Å². The molecule has 1 amide bonds. The molecule has 8 heteroatoms. The Balaban J connectivity index is 1.94. The van der Waals surface area contributed by atoms with Crippen LogP contribution >= 0.6 is 0 Å². The third-order valence-corrected chi connectivity index (χ3v) is 4.25. The van der Waals surface area contributed by atoms with Crippen LogP contribution in [0.25, 0.3) is 0 Å². The van der Waals surface area contributed by atoms with E-state index in [4.69, 9.17) is 5.11 Å². The maximum Gasteiger partial charge on any atom is 0.335 e. The predicted octanol–water partition coefficient (Wildman–Crippen LogP) is 3.15. The summed E-state index contributed by atoms with van der Waals surface area (Å²) >= 11 is 0. The summed E-state index contributed by atoms with van der Waals surface area (Å²) in [6.45, 7) is 1.57. The normalized spacial score (nSPS) is 13.5. The number of nitro groups is 1. The van der Waals surface area contributed by atoms with Gasteiger partial charge in [-0.15, -0.1) is 0 Å². The summed E-state index contributed by atoms with van der Waals surface area (Å²) in [5.74, 6) is -1.62. The van der Waals surface area contributed by atoms with E-state index in [9.17, 15) is 19.7 Å². The van der Waals surface area contributed by atoms with Crippen molar-refractivity contribution in [1.29, 1.82) is 0 Å². The zero-order valence-electron chi connectivity index (χ0n) is 13.8. The van der Waals surface area contributed by atoms with Crippen LogP contribution in [0.15, 0.2) is 42.5 Å². The molecule has 0 bridgehead atoms. The highest BCUT2D eigenvalue weighted by atomic mass is 16.6. The Morgan fingerprint density at radius 1 is 1.12 bits per heavy atom. The van der Waals surface area contributed by atoms with E-state index in [2.05, 4.69) is 5.32 Å². The maximum absolute atomic E-state index is 12.7. The minimum absolute atomic E-state index is 0.0432. The first-order chi connectivity index (χ1) is 12.5. The minimum Gasteiger partial charge on any atom is -0.478 e. The van der Waals surface area contributed by atoms with E-state index < -0.39 is 16.8 Å². The second-order valence-electron chi connectivity index (χ2n) is 5.99. The number of hydrogen-bond acceptors (Lipinski definition) is 5. The SMILES string of the molecule is O=C(O)c1cccc(NC(=O)c2cc([N+](=O)[O-])ccc2N2CCCC2)c1. The van der Waals surface area contributed by atoms with Crippen molar-refractivity contribution in [2.24, 2.45) is 0 Å². The van der Waals surface area contributed by atoms with Crippen molar-refractivity contribution in [3.63, 3.8) is 0 Å². The minimum atomic E-state index is -1.10. The zero-order chi connectivity index (χ0) is 18.7. The summed E-state index contributed by atoms with van der Waals surface area (Å²) in [6.07, 6.45) is 2.00. The molecular formula is C18H17N3O5. The van der Waals surface area contributed by atoms with Crippen molar-refractivity contribution >= 4 is 28.9 Å². The highest BCUT2D eigenvalue weighted by Crippen LogP contribution is 2.29. The molecule has 3 rings (SSSR count). The maximum atomic E-state index is 12.7. The van der Waals surface area contributed by atoms with Gasteiger partial charge in [-0.1, -0.05) is 6.07 Å². The molecule has 1 saturated heterocycles. The first-order valence-corrected chi connectivity index (χ1v) is 8.14. The van der Waals surface area contributed by atoms with E-state index in [1.165, 1.54) is 30.3 Å². The van der Waals surface area contributed by atoms with Crippen molar-refractivity contribution in [2.45, 2.75) is 12.8 Å². The quantitative estimate of drug-likeness (QED) is 0.629. The van der Waals surface area contributed by atoms with Crippen molar-refractivity contribution < 1.29 is 19.6 Å². The summed E-state index contributed by atoms with van der Waals surface area (Å²) in [4.78, 5) is 36.4. The lowest BCUT2D eigenvalue weighted by molar-refractivity contribution is -0.384. The molecule has 0 atom stereocenters. The van der Waals surface area contributed by atoms with Crippen molar-refractivity contribution in [3.8, 4) is 0 Å². The lowest BCUT2D eigenvalue weighted by atomic mass is 10.1. The van der Waals surface area contributed by atoms with E-state index in [1.807, 2.05) is 4.90 Å². The summed E-state index contributed by atoms with van der Waals surface area (Å²) in [5.41, 5.74) is 1.02. The number of benzene rings is 2. The largest absolute Gasteiger partial charge is 0.478 e. The molecule has 1 heterocycles. The van der Waals surface area contributed by atoms with Crippen LogP contribution in [-0.2, 0) is 0 Å². The first-order valence-electron chi connectivity index (χ1n) is 8.14. The average molecular weight is 355 g/mol. The number of non-ortho nitro benzene ring substituents is 1. The Bertz CT molecular complexity index is 875. The van der Waals surface area contributed by atoms with Crippen LogP contribution in [0.3, 0.4) is 0 Å². The monoisotopic (exact) mass is 355 g/mol. The van der Waals surface area contributed by atoms with Gasteiger partial charge in [0.25, 0.3) is 11.6 Å². The van der Waals surface area contributed by atoms with Gasteiger partial charge in [-0.25, -0.2) is 4.79 Å². The number of nitrogens with zero attached hydrogens (tertiary/aromatic N) is 2. The number of nitro benzene ring substituents is 1. The summed E-state index contributed by atoms with van der Waals surface area (Å²) in [6, 6.07) is 10.1. The van der Waals surface area contributed by atoms with E-state index >= 15 is 0 Å². The molecule has 0 spiro atoms. The van der Waals surface area contributed by atoms with Gasteiger partial charge in [0.05, 0.1) is 21.7 Å². The molecule has 2 N–H and O–H groups in total. The van der Waals surface area contributed by atoms with E-state index in [1.54, 1.807) is 12.1 Å². The highest BCUT2D eigenvalue weighted by molar-refractivity contribution is 6.09. The summed E-state index contributed by atoms with van der Waals surface area (Å²) < 4.78 is 0. The van der Waals surface area contributed by atoms with E-state index in [0.717, 1.165) is 25.9 Å². The second-order valence-corrected chi connectivity index (χ2v) is 5.99. The lowest BCUT2D eigenvalue weighted by Crippen LogP contribution is -2.23. The van der Waals surface area contributed by atoms with Crippen LogP contribution in [0.2, 0.25) is 0 Å². The van der Waals surface area contributed by atoms with Gasteiger partial charge >= 0.3 is 5.97 Å². The van der Waals surface area contributed by atoms with Gasteiger partial charge in [0.2, 0.25) is 0 Å². The van der Waals surface area contributed by atoms with Crippen LogP contribution in [0, 0.1) is 10.1 Å². The van der Waals surface area contributed by atoms with E-state index in [0.29, 0.717) is 11.4 Å². The number of amides is 1. The topological polar surface area (TPSA) is 113 Å². The molecule has 0 aromatic heterocycles. The van der Waals surface area contributed by atoms with Gasteiger partial charge in [0, 0.05) is 30.9 Å². The highest BCUT2D eigenvalue weighted by Gasteiger charge is 2.22. The number of rotatable bonds is 5. The number of anilines is 2. The molecular weight excluding hydrogens is 338 g/mol. The first kappa shape index (κ1) is 17.4. The smallest absolute Gasteiger partial charge is 0.335 e. The Morgan fingerprint density at radius 2 is 1.85 bits per heavy atom. The van der Waals surface area contributed by atoms with Crippen LogP contribution in [0.5, 0.6) is 0 Å². The number of hydrogen-bond donors (Lipinski definition) is 2. The molecule has 26 heavy (non-hydrogen) atoms. The predicted molar refractivity (Wildman–Crippen MR) is 95.9 cm³/mol. The Hall–Kier alpha value is -3.42. The van der Waals surface area contributed by atoms with Gasteiger partial charge in [-0.3, -0.25) is 14.9 Å². The number of carboxylic acid groups (broad SMARTS) is 1. The van der Waals surface area contributed by atoms with Gasteiger partial charge in [-0.05, 0) is 37.1 Å². The van der Waals surface area contributed by atoms with Gasteiger partial charge in [0.1, 0.15) is 0 Å². The van der Waals surface area contributed by atoms with E-state index in [-0.39, 0.29) is 16.8 Å². The molecule has 0 unspecified atom stereocenters. The number of carbonyl (C=O) groups excluding carboxylic acids is 1. The molecule has 2 aromatic carbocycles. The molecule has 2 aromatic rings. The molecule has 134 valence electrons. The third kappa shape index (κ3) is 3.64. The van der Waals surface area contributed by atoms with Crippen LogP contribution in [-0.4, -0.2) is 35.0 Å². The number of carbonyl (C=O) groups is 2. The van der Waals surface area contributed by atoms with Crippen molar-refractivity contribution in [1.82, 2.24) is 0 Å². The Kier molecular flexibility index (Phi) is 4.83. The van der Waals surface area contributed by atoms with Crippen LogP contribution < -0.4 is 10.2 Å². The second kappa shape index (κ2) is 7.22. The van der Waals surface area contributed by atoms with Gasteiger partial charge in [-0.2, -0.15) is 0 Å². The van der Waals surface area contributed by atoms with Crippen molar-refractivity contribution in [3.05, 3.63) is 63.7 Å². The van der Waals surface area contributed by atoms with Crippen LogP contribution in [0.4, 0.5) is 17.1 Å². The molecule has 8 nitrogen and oxygen atoms in total. The fourth-order valence-corrected chi connectivity index (χ4v) is 2.98. The standard InChI is InChI=1S/C18H17N3O5/c22-17(19-13-5-3-4-12(10-13)18(23)24)15-11-14(21(25)26)6-7-16(15)20-8-1-2-9-20/h3-7,10-11H,1-2,8-9H2,(H,19,22)(H,23,24). The fourth-order valence-electron chi connectivity index (χ4n) is 2.98. The number of aromatic carboxylic acids is 1. The average Bonchev–Trinajstić information content (AvgIpc) is 3.15. The third-order valence-electron chi connectivity index (χ3n) is 4.25. The summed E-state index contributed by atoms with van der Waals surface area (Å²) in [5, 5.41) is 22.8. The zero-order valence-corrected chi connectivity index (χ0v) is 13.8. The molecule has 0 saturated carbocycles. The number of nitrogens with one attached hydrogen (secondary N) is 1. The molecule has 1 fully saturated rings. The lowest BCUT2D eigenvalue weighted by Gasteiger charge is -2.21. The fraction of sp³-hybridized carbons (Fsp3) is 0.222. The van der Waals surface area contributed by atoms with Crippen molar-refractivity contribution in [2.75, 3.05) is 23.3 Å². The van der Waals surface area contributed by atoms with Crippen LogP contribution in [0.1, 0.15) is 33.6 Å². The molecule has 1 aliphatic rings. The molecule has 1 aliphatic heterocycles. The Labute approximate surface area is 149 Å². The number of carboxylic acids is 1. The summed E-state index contributed by atoms with van der Waals surface area (Å²) in [7, 11) is 0.